The minimum Gasteiger partial charge on any atom is -0.487 e. The number of aryl methyl sites for hydroxylation is 1. The van der Waals surface area contributed by atoms with Crippen molar-refractivity contribution in [3.8, 4) is 5.75 Å². The predicted octanol–water partition coefficient (Wildman–Crippen LogP) is 6.77. The largest absolute Gasteiger partial charge is 0.487 e. The monoisotopic (exact) mass is 468 g/mol. The van der Waals surface area contributed by atoms with Crippen molar-refractivity contribution in [3.63, 3.8) is 0 Å². The zero-order valence-electron chi connectivity index (χ0n) is 16.6. The summed E-state index contributed by atoms with van der Waals surface area (Å²) in [5.74, 6) is 0.361. The number of nitrogens with one attached hydrogen (secondary N) is 1. The Hall–Kier alpha value is -2.73. The van der Waals surface area contributed by atoms with E-state index in [-0.39, 0.29) is 5.91 Å². The van der Waals surface area contributed by atoms with Gasteiger partial charge < -0.3 is 10.1 Å². The van der Waals surface area contributed by atoms with Crippen molar-refractivity contribution in [2.75, 3.05) is 0 Å². The SMILES string of the molecule is Cc1ccc(N=C2NC(=O)/C(=C/c3ccc(OCc4ccccc4Cl)c(Cl)c3)S2)cc1. The first kappa shape index (κ1) is 21.5. The molecule has 4 rings (SSSR count). The van der Waals surface area contributed by atoms with E-state index in [4.69, 9.17) is 27.9 Å². The number of rotatable bonds is 5. The number of benzene rings is 3. The van der Waals surface area contributed by atoms with Gasteiger partial charge in [-0.3, -0.25) is 4.79 Å². The molecule has 1 fully saturated rings. The van der Waals surface area contributed by atoms with Crippen LogP contribution in [0.2, 0.25) is 10.0 Å². The van der Waals surface area contributed by atoms with Gasteiger partial charge in [-0.25, -0.2) is 4.99 Å². The van der Waals surface area contributed by atoms with E-state index in [1.165, 1.54) is 11.8 Å². The van der Waals surface area contributed by atoms with E-state index in [0.717, 1.165) is 22.4 Å². The molecule has 0 saturated carbocycles. The number of amides is 1. The summed E-state index contributed by atoms with van der Waals surface area (Å²) < 4.78 is 5.80. The maximum Gasteiger partial charge on any atom is 0.264 e. The molecule has 7 heteroatoms. The van der Waals surface area contributed by atoms with E-state index in [0.29, 0.717) is 32.5 Å². The third kappa shape index (κ3) is 5.50. The molecule has 156 valence electrons. The van der Waals surface area contributed by atoms with Crippen molar-refractivity contribution >= 4 is 57.8 Å². The van der Waals surface area contributed by atoms with Crippen molar-refractivity contribution in [2.45, 2.75) is 13.5 Å². The molecule has 0 aromatic heterocycles. The van der Waals surface area contributed by atoms with Gasteiger partial charge in [0, 0.05) is 10.6 Å². The highest BCUT2D eigenvalue weighted by molar-refractivity contribution is 8.18. The summed E-state index contributed by atoms with van der Waals surface area (Å²) in [6.07, 6.45) is 1.78. The number of nitrogens with zero attached hydrogens (tertiary/aromatic N) is 1. The van der Waals surface area contributed by atoms with Gasteiger partial charge in [-0.1, -0.05) is 65.2 Å². The zero-order valence-corrected chi connectivity index (χ0v) is 18.9. The van der Waals surface area contributed by atoms with Crippen LogP contribution < -0.4 is 10.1 Å². The summed E-state index contributed by atoms with van der Waals surface area (Å²) >= 11 is 13.8. The van der Waals surface area contributed by atoms with Crippen molar-refractivity contribution in [1.82, 2.24) is 5.32 Å². The third-order valence-corrected chi connectivity index (χ3v) is 6.08. The quantitative estimate of drug-likeness (QED) is 0.420. The molecule has 1 aliphatic heterocycles. The smallest absolute Gasteiger partial charge is 0.264 e. The third-order valence-electron chi connectivity index (χ3n) is 4.51. The molecule has 1 aliphatic rings. The molecule has 0 atom stereocenters. The number of amidine groups is 1. The Balaban J connectivity index is 1.46. The van der Waals surface area contributed by atoms with Gasteiger partial charge in [-0.05, 0) is 60.7 Å². The minimum atomic E-state index is -0.189. The maximum absolute atomic E-state index is 12.3. The lowest BCUT2D eigenvalue weighted by Crippen LogP contribution is -2.19. The average molecular weight is 469 g/mol. The summed E-state index contributed by atoms with van der Waals surface area (Å²) in [4.78, 5) is 17.4. The lowest BCUT2D eigenvalue weighted by molar-refractivity contribution is -0.115. The van der Waals surface area contributed by atoms with Gasteiger partial charge in [0.2, 0.25) is 0 Å². The van der Waals surface area contributed by atoms with Crippen LogP contribution in [0.25, 0.3) is 6.08 Å². The number of carbonyl (C=O) groups excluding carboxylic acids is 1. The van der Waals surface area contributed by atoms with Crippen LogP contribution in [-0.2, 0) is 11.4 Å². The average Bonchev–Trinajstić information content (AvgIpc) is 3.09. The number of carbonyl (C=O) groups is 1. The van der Waals surface area contributed by atoms with Gasteiger partial charge in [-0.15, -0.1) is 0 Å². The molecular formula is C24H18Cl2N2O2S. The Kier molecular flexibility index (Phi) is 6.66. The highest BCUT2D eigenvalue weighted by atomic mass is 35.5. The summed E-state index contributed by atoms with van der Waals surface area (Å²) in [5.41, 5.74) is 3.62. The lowest BCUT2D eigenvalue weighted by Gasteiger charge is -2.10. The number of aliphatic imine (C=N–C) groups is 1. The van der Waals surface area contributed by atoms with Crippen LogP contribution in [0.15, 0.2) is 76.6 Å². The van der Waals surface area contributed by atoms with E-state index in [1.54, 1.807) is 18.2 Å². The molecule has 4 nitrogen and oxygen atoms in total. The van der Waals surface area contributed by atoms with Gasteiger partial charge >= 0.3 is 0 Å². The van der Waals surface area contributed by atoms with E-state index < -0.39 is 0 Å². The number of thioether (sulfide) groups is 1. The normalized spacial score (nSPS) is 16.0. The maximum atomic E-state index is 12.3. The highest BCUT2D eigenvalue weighted by Crippen LogP contribution is 2.31. The second-order valence-electron chi connectivity index (χ2n) is 6.89. The highest BCUT2D eigenvalue weighted by Gasteiger charge is 2.23. The van der Waals surface area contributed by atoms with Gasteiger partial charge in [0.15, 0.2) is 5.17 Å². The standard InChI is InChI=1S/C24H18Cl2N2O2S/c1-15-6-9-18(10-7-15)27-24-28-23(29)22(31-24)13-16-8-11-21(20(26)12-16)30-14-17-4-2-3-5-19(17)25/h2-13H,14H2,1H3,(H,27,28,29)/b22-13-. The molecule has 0 aliphatic carbocycles. The molecule has 31 heavy (non-hydrogen) atoms. The predicted molar refractivity (Wildman–Crippen MR) is 129 cm³/mol. The summed E-state index contributed by atoms with van der Waals surface area (Å²) in [5, 5.41) is 4.44. The Labute approximate surface area is 194 Å². The number of hydrogen-bond acceptors (Lipinski definition) is 4. The molecule has 0 unspecified atom stereocenters. The number of ether oxygens (including phenoxy) is 1. The first-order valence-corrected chi connectivity index (χ1v) is 11.1. The van der Waals surface area contributed by atoms with Crippen LogP contribution >= 0.6 is 35.0 Å². The van der Waals surface area contributed by atoms with Crippen molar-refractivity contribution in [1.29, 1.82) is 0 Å². The number of hydrogen-bond donors (Lipinski definition) is 1. The van der Waals surface area contributed by atoms with E-state index in [9.17, 15) is 4.79 Å². The fourth-order valence-corrected chi connectivity index (χ4v) is 4.14. The lowest BCUT2D eigenvalue weighted by atomic mass is 10.2. The first-order valence-electron chi connectivity index (χ1n) is 9.50. The van der Waals surface area contributed by atoms with E-state index in [1.807, 2.05) is 61.5 Å². The molecular weight excluding hydrogens is 451 g/mol. The Morgan fingerprint density at radius 1 is 1.03 bits per heavy atom. The van der Waals surface area contributed by atoms with Gasteiger partial charge in [-0.2, -0.15) is 0 Å². The Bertz CT molecular complexity index is 1190. The van der Waals surface area contributed by atoms with Gasteiger partial charge in [0.05, 0.1) is 15.6 Å². The molecule has 1 N–H and O–H groups in total. The second-order valence-corrected chi connectivity index (χ2v) is 8.73. The van der Waals surface area contributed by atoms with Crippen LogP contribution in [-0.4, -0.2) is 11.1 Å². The van der Waals surface area contributed by atoms with E-state index >= 15 is 0 Å². The Morgan fingerprint density at radius 2 is 1.81 bits per heavy atom. The molecule has 3 aromatic carbocycles. The van der Waals surface area contributed by atoms with E-state index in [2.05, 4.69) is 10.3 Å². The minimum absolute atomic E-state index is 0.189. The summed E-state index contributed by atoms with van der Waals surface area (Å²) in [6.45, 7) is 2.33. The van der Waals surface area contributed by atoms with Crippen LogP contribution in [0.1, 0.15) is 16.7 Å². The molecule has 1 saturated heterocycles. The van der Waals surface area contributed by atoms with Crippen molar-refractivity contribution in [3.05, 3.63) is 98.4 Å². The van der Waals surface area contributed by atoms with Crippen molar-refractivity contribution < 1.29 is 9.53 Å². The van der Waals surface area contributed by atoms with Gasteiger partial charge in [0.25, 0.3) is 5.91 Å². The zero-order chi connectivity index (χ0) is 21.8. The molecule has 0 radical (unpaired) electrons. The van der Waals surface area contributed by atoms with Crippen LogP contribution in [0.5, 0.6) is 5.75 Å². The number of halogens is 2. The summed E-state index contributed by atoms with van der Waals surface area (Å²) in [7, 11) is 0. The summed E-state index contributed by atoms with van der Waals surface area (Å²) in [6, 6.07) is 20.7. The van der Waals surface area contributed by atoms with Crippen LogP contribution in [0.3, 0.4) is 0 Å². The molecule has 3 aromatic rings. The fourth-order valence-electron chi connectivity index (χ4n) is 2.86. The molecule has 1 heterocycles. The molecule has 0 bridgehead atoms. The van der Waals surface area contributed by atoms with Crippen molar-refractivity contribution in [2.24, 2.45) is 4.99 Å². The first-order chi connectivity index (χ1) is 15.0. The second kappa shape index (κ2) is 9.60. The molecule has 0 spiro atoms. The topological polar surface area (TPSA) is 50.7 Å². The van der Waals surface area contributed by atoms with Gasteiger partial charge in [0.1, 0.15) is 12.4 Å². The Morgan fingerprint density at radius 3 is 2.55 bits per heavy atom. The molecule has 1 amide bonds. The fraction of sp³-hybridized carbons (Fsp3) is 0.0833. The van der Waals surface area contributed by atoms with Crippen LogP contribution in [0.4, 0.5) is 5.69 Å². The van der Waals surface area contributed by atoms with Crippen LogP contribution in [0, 0.1) is 6.92 Å².